The van der Waals surface area contributed by atoms with Crippen LogP contribution < -0.4 is 10.5 Å². The second-order valence-electron chi connectivity index (χ2n) is 6.35. The molecule has 0 saturated heterocycles. The molecule has 0 bridgehead atoms. The summed E-state index contributed by atoms with van der Waals surface area (Å²) in [7, 11) is 1.54. The Balaban J connectivity index is 1.67. The highest BCUT2D eigenvalue weighted by molar-refractivity contribution is 6.33. The molecule has 0 amide bonds. The third kappa shape index (κ3) is 3.28. The van der Waals surface area contributed by atoms with Gasteiger partial charge in [-0.25, -0.2) is 14.5 Å². The molecule has 28 heavy (non-hydrogen) atoms. The number of nitrogens with one attached hydrogen (secondary N) is 1. The van der Waals surface area contributed by atoms with E-state index in [1.807, 2.05) is 9.47 Å². The van der Waals surface area contributed by atoms with Gasteiger partial charge >= 0.3 is 0 Å². The number of benzene rings is 1. The third-order valence-electron chi connectivity index (χ3n) is 4.76. The van der Waals surface area contributed by atoms with Crippen LogP contribution in [-0.4, -0.2) is 33.4 Å². The minimum absolute atomic E-state index is 0.0940. The van der Waals surface area contributed by atoms with Gasteiger partial charge in [0.05, 0.1) is 30.3 Å². The number of methoxy groups -OCH3 is 1. The molecule has 0 radical (unpaired) electrons. The number of nitrogens with zero attached hydrogens (tertiary/aromatic N) is 4. The Kier molecular flexibility index (Phi) is 5.09. The molecule has 1 aliphatic rings. The normalized spacial score (nSPS) is 14.8. The van der Waals surface area contributed by atoms with Gasteiger partial charge in [0.25, 0.3) is 5.56 Å². The smallest absolute Gasteiger partial charge is 0.285 e. The Morgan fingerprint density at radius 3 is 2.89 bits per heavy atom. The summed E-state index contributed by atoms with van der Waals surface area (Å²) in [6.45, 7) is 1.62. The van der Waals surface area contributed by atoms with Crippen molar-refractivity contribution in [3.63, 3.8) is 0 Å². The monoisotopic (exact) mass is 423 g/mol. The van der Waals surface area contributed by atoms with E-state index in [9.17, 15) is 9.18 Å². The van der Waals surface area contributed by atoms with Crippen molar-refractivity contribution in [2.45, 2.75) is 19.2 Å². The number of ether oxygens (including phenoxy) is 1. The first-order chi connectivity index (χ1) is 13.5. The van der Waals surface area contributed by atoms with Crippen molar-refractivity contribution in [2.75, 3.05) is 18.6 Å². The van der Waals surface area contributed by atoms with Crippen LogP contribution in [0.25, 0.3) is 0 Å². The number of anilines is 1. The molecular formula is C18H16Cl2FN5O2. The largest absolute Gasteiger partial charge is 0.370 e. The van der Waals surface area contributed by atoms with Crippen LogP contribution in [0.1, 0.15) is 23.2 Å². The Morgan fingerprint density at radius 1 is 1.29 bits per heavy atom. The molecule has 0 fully saturated rings. The van der Waals surface area contributed by atoms with Crippen LogP contribution in [0, 0.1) is 5.82 Å². The average Bonchev–Trinajstić information content (AvgIpc) is 3.10. The first kappa shape index (κ1) is 18.9. The molecule has 2 aromatic heterocycles. The summed E-state index contributed by atoms with van der Waals surface area (Å²) < 4.78 is 21.4. The van der Waals surface area contributed by atoms with E-state index < -0.39 is 11.7 Å². The molecule has 1 N–H and O–H groups in total. The van der Waals surface area contributed by atoms with Crippen molar-refractivity contribution in [2.24, 2.45) is 0 Å². The Hall–Kier alpha value is -2.42. The van der Waals surface area contributed by atoms with E-state index in [1.54, 1.807) is 13.3 Å². The maximum atomic E-state index is 13.7. The van der Waals surface area contributed by atoms with Crippen molar-refractivity contribution in [1.29, 1.82) is 0 Å². The minimum atomic E-state index is -0.555. The molecule has 1 atom stereocenters. The highest BCUT2D eigenvalue weighted by Crippen LogP contribution is 2.33. The maximum Gasteiger partial charge on any atom is 0.285 e. The summed E-state index contributed by atoms with van der Waals surface area (Å²) in [5.74, 6) is 0.384. The summed E-state index contributed by atoms with van der Waals surface area (Å²) in [4.78, 5) is 18.1. The fraction of sp³-hybridized carbons (Fsp3) is 0.278. The number of rotatable bonds is 4. The summed E-state index contributed by atoms with van der Waals surface area (Å²) in [5.41, 5.74) is 1.43. The number of H-pyrrole nitrogens is 1. The molecule has 146 valence electrons. The summed E-state index contributed by atoms with van der Waals surface area (Å²) >= 11 is 12.4. The summed E-state index contributed by atoms with van der Waals surface area (Å²) in [5, 5.41) is 6.64. The van der Waals surface area contributed by atoms with Crippen LogP contribution in [-0.2, 0) is 17.8 Å². The van der Waals surface area contributed by atoms with Gasteiger partial charge < -0.3 is 14.2 Å². The molecule has 4 rings (SSSR count). The van der Waals surface area contributed by atoms with E-state index in [1.165, 1.54) is 24.4 Å². The number of aromatic nitrogens is 4. The quantitative estimate of drug-likeness (QED) is 0.697. The van der Waals surface area contributed by atoms with E-state index in [4.69, 9.17) is 27.9 Å². The average molecular weight is 424 g/mol. The number of hydrogen-bond donors (Lipinski definition) is 1. The van der Waals surface area contributed by atoms with E-state index in [2.05, 4.69) is 15.2 Å². The number of aromatic amines is 1. The lowest BCUT2D eigenvalue weighted by Crippen LogP contribution is -2.35. The highest BCUT2D eigenvalue weighted by Gasteiger charge is 2.27. The first-order valence-electron chi connectivity index (χ1n) is 8.49. The lowest BCUT2D eigenvalue weighted by atomic mass is 10.1. The van der Waals surface area contributed by atoms with Gasteiger partial charge in [-0.05, 0) is 18.2 Å². The number of fused-ring (bicyclic) bond motifs is 1. The lowest BCUT2D eigenvalue weighted by molar-refractivity contribution is 0.128. The van der Waals surface area contributed by atoms with Crippen molar-refractivity contribution >= 4 is 28.9 Å². The SMILES string of the molecule is COC(c1cc(F)ccc1Cl)c1cnc2n1CCN(c1cn[nH]c(=O)c1Cl)C2. The first-order valence-corrected chi connectivity index (χ1v) is 9.25. The second kappa shape index (κ2) is 7.54. The van der Waals surface area contributed by atoms with Crippen molar-refractivity contribution < 1.29 is 9.13 Å². The van der Waals surface area contributed by atoms with Crippen LogP contribution in [0.2, 0.25) is 10.0 Å². The van der Waals surface area contributed by atoms with Gasteiger partial charge in [-0.1, -0.05) is 23.2 Å². The molecule has 7 nitrogen and oxygen atoms in total. The van der Waals surface area contributed by atoms with Crippen LogP contribution in [0.3, 0.4) is 0 Å². The van der Waals surface area contributed by atoms with Gasteiger partial charge in [-0.15, -0.1) is 0 Å². The predicted molar refractivity (Wildman–Crippen MR) is 103 cm³/mol. The molecule has 1 aliphatic heterocycles. The zero-order valence-electron chi connectivity index (χ0n) is 14.8. The zero-order chi connectivity index (χ0) is 19.8. The third-order valence-corrected chi connectivity index (χ3v) is 5.47. The predicted octanol–water partition coefficient (Wildman–Crippen LogP) is 3.17. The molecule has 0 saturated carbocycles. The second-order valence-corrected chi connectivity index (χ2v) is 7.14. The van der Waals surface area contributed by atoms with Crippen molar-refractivity contribution in [3.05, 3.63) is 73.9 Å². The Bertz CT molecular complexity index is 1080. The topological polar surface area (TPSA) is 76.0 Å². The van der Waals surface area contributed by atoms with E-state index >= 15 is 0 Å². The molecule has 3 heterocycles. The number of imidazole rings is 1. The summed E-state index contributed by atoms with van der Waals surface area (Å²) in [6.07, 6.45) is 2.67. The van der Waals surface area contributed by atoms with Crippen LogP contribution in [0.5, 0.6) is 0 Å². The van der Waals surface area contributed by atoms with Gasteiger partial charge in [0, 0.05) is 30.8 Å². The molecule has 0 spiro atoms. The van der Waals surface area contributed by atoms with E-state index in [-0.39, 0.29) is 10.8 Å². The molecule has 1 unspecified atom stereocenters. The highest BCUT2D eigenvalue weighted by atomic mass is 35.5. The van der Waals surface area contributed by atoms with Crippen molar-refractivity contribution in [3.8, 4) is 0 Å². The number of hydrogen-bond acceptors (Lipinski definition) is 5. The number of halogens is 3. The zero-order valence-corrected chi connectivity index (χ0v) is 16.3. The van der Waals surface area contributed by atoms with Gasteiger partial charge in [0.2, 0.25) is 0 Å². The van der Waals surface area contributed by atoms with Crippen molar-refractivity contribution in [1.82, 2.24) is 19.7 Å². The molecular weight excluding hydrogens is 408 g/mol. The lowest BCUT2D eigenvalue weighted by Gasteiger charge is -2.31. The molecule has 0 aliphatic carbocycles. The van der Waals surface area contributed by atoms with Gasteiger partial charge in [-0.3, -0.25) is 4.79 Å². The van der Waals surface area contributed by atoms with Gasteiger partial charge in [0.1, 0.15) is 22.8 Å². The fourth-order valence-electron chi connectivity index (χ4n) is 3.42. The van der Waals surface area contributed by atoms with Crippen LogP contribution in [0.15, 0.2) is 35.4 Å². The molecule has 1 aromatic carbocycles. The standard InChI is InChI=1S/C18H16Cl2FN5O2/c1-28-17(11-6-10(21)2-3-12(11)19)14-7-22-15-9-25(4-5-26(14)15)13-8-23-24-18(27)16(13)20/h2-3,6-8,17H,4-5,9H2,1H3,(H,24,27). The maximum absolute atomic E-state index is 13.7. The Morgan fingerprint density at radius 2 is 2.11 bits per heavy atom. The fourth-order valence-corrected chi connectivity index (χ4v) is 3.84. The van der Waals surface area contributed by atoms with E-state index in [0.29, 0.717) is 35.9 Å². The minimum Gasteiger partial charge on any atom is -0.370 e. The van der Waals surface area contributed by atoms with Gasteiger partial charge in [0.15, 0.2) is 0 Å². The van der Waals surface area contributed by atoms with Crippen LogP contribution in [0.4, 0.5) is 10.1 Å². The Labute approximate surface area is 169 Å². The van der Waals surface area contributed by atoms with Crippen LogP contribution >= 0.6 is 23.2 Å². The van der Waals surface area contributed by atoms with E-state index in [0.717, 1.165) is 11.5 Å². The van der Waals surface area contributed by atoms with Gasteiger partial charge in [-0.2, -0.15) is 5.10 Å². The molecule has 3 aromatic rings. The molecule has 10 heteroatoms. The summed E-state index contributed by atoms with van der Waals surface area (Å²) in [6, 6.07) is 4.18.